The topological polar surface area (TPSA) is 41.6 Å². The average Bonchev–Trinajstić information content (AvgIpc) is 2.73. The number of amides is 1. The van der Waals surface area contributed by atoms with Crippen LogP contribution in [0, 0.1) is 0 Å². The largest absolute Gasteiger partial charge is 0.491 e. The van der Waals surface area contributed by atoms with Gasteiger partial charge in [0, 0.05) is 11.7 Å². The third-order valence-electron chi connectivity index (χ3n) is 5.92. The van der Waals surface area contributed by atoms with Crippen LogP contribution in [0.15, 0.2) is 48.5 Å². The summed E-state index contributed by atoms with van der Waals surface area (Å²) in [7, 11) is 0. The Bertz CT molecular complexity index is 818. The molecule has 0 radical (unpaired) electrons. The lowest BCUT2D eigenvalue weighted by molar-refractivity contribution is 0.0335. The summed E-state index contributed by atoms with van der Waals surface area (Å²) < 4.78 is 5.94. The van der Waals surface area contributed by atoms with Gasteiger partial charge in [-0.3, -0.25) is 4.79 Å². The first-order chi connectivity index (χ1) is 13.5. The molecule has 1 aliphatic heterocycles. The number of hydrogen-bond acceptors (Lipinski definition) is 3. The van der Waals surface area contributed by atoms with Gasteiger partial charge in [-0.25, -0.2) is 0 Å². The second-order valence-corrected chi connectivity index (χ2v) is 7.68. The molecule has 1 N–H and O–H groups in total. The van der Waals surface area contributed by atoms with Crippen molar-refractivity contribution in [1.29, 1.82) is 0 Å². The molecule has 1 heterocycles. The van der Waals surface area contributed by atoms with Crippen LogP contribution in [0.2, 0.25) is 0 Å². The molecule has 0 spiro atoms. The van der Waals surface area contributed by atoms with Gasteiger partial charge in [0.2, 0.25) is 0 Å². The molecule has 1 amide bonds. The molecule has 150 valence electrons. The number of carbonyl (C=O) groups is 1. The van der Waals surface area contributed by atoms with Gasteiger partial charge in [-0.05, 0) is 62.9 Å². The minimum Gasteiger partial charge on any atom is -0.491 e. The number of rotatable bonds is 7. The summed E-state index contributed by atoms with van der Waals surface area (Å²) >= 11 is 0. The first kappa shape index (κ1) is 20.2. The van der Waals surface area contributed by atoms with E-state index in [4.69, 9.17) is 4.74 Å². The number of ether oxygens (including phenoxy) is 1. The number of hydrogen-bond donors (Lipinski definition) is 1. The van der Waals surface area contributed by atoms with E-state index in [0.29, 0.717) is 0 Å². The number of carbonyl (C=O) groups excluding carboxylic acids is 1. The van der Waals surface area contributed by atoms with Crippen molar-refractivity contribution >= 4 is 11.6 Å². The summed E-state index contributed by atoms with van der Waals surface area (Å²) in [5, 5.41) is 3.71. The van der Waals surface area contributed by atoms with E-state index in [1.165, 1.54) is 0 Å². The van der Waals surface area contributed by atoms with Crippen molar-refractivity contribution in [1.82, 2.24) is 4.90 Å². The van der Waals surface area contributed by atoms with Crippen LogP contribution in [0.25, 0.3) is 0 Å². The second-order valence-electron chi connectivity index (χ2n) is 7.68. The van der Waals surface area contributed by atoms with Gasteiger partial charge in [0.05, 0.1) is 11.7 Å². The molecule has 0 aliphatic carbocycles. The number of nitrogens with zero attached hydrogens (tertiary/aromatic N) is 1. The molecular formula is C24H32N2O2. The molecule has 0 fully saturated rings. The van der Waals surface area contributed by atoms with Crippen LogP contribution in [0.1, 0.15) is 69.8 Å². The molecule has 0 saturated heterocycles. The average molecular weight is 381 g/mol. The van der Waals surface area contributed by atoms with E-state index in [0.717, 1.165) is 41.8 Å². The summed E-state index contributed by atoms with van der Waals surface area (Å²) in [5.41, 5.74) is 2.14. The van der Waals surface area contributed by atoms with Crippen molar-refractivity contribution in [3.63, 3.8) is 0 Å². The number of para-hydroxylation sites is 1. The fourth-order valence-corrected chi connectivity index (χ4v) is 3.92. The normalized spacial score (nSPS) is 20.9. The third-order valence-corrected chi connectivity index (χ3v) is 5.92. The van der Waals surface area contributed by atoms with Crippen molar-refractivity contribution in [3.05, 3.63) is 59.7 Å². The Hall–Kier alpha value is -2.49. The van der Waals surface area contributed by atoms with Crippen LogP contribution in [-0.2, 0) is 5.66 Å². The monoisotopic (exact) mass is 380 g/mol. The van der Waals surface area contributed by atoms with Crippen LogP contribution in [0.5, 0.6) is 5.75 Å². The summed E-state index contributed by atoms with van der Waals surface area (Å²) in [6, 6.07) is 16.1. The van der Waals surface area contributed by atoms with E-state index in [2.05, 4.69) is 52.1 Å². The standard InChI is InChI=1S/C24H32N2O2/c1-6-17(4)26-23(27)21-11-9-10-12-22(21)25-24(26,8-3)19-13-15-20(16-14-19)28-18(5)7-2/h9-18,25H,6-8H2,1-5H3. The van der Waals surface area contributed by atoms with E-state index in [1.54, 1.807) is 0 Å². The summed E-state index contributed by atoms with van der Waals surface area (Å²) in [6.45, 7) is 10.6. The predicted molar refractivity (Wildman–Crippen MR) is 115 cm³/mol. The lowest BCUT2D eigenvalue weighted by Crippen LogP contribution is -2.60. The van der Waals surface area contributed by atoms with Gasteiger partial charge in [-0.15, -0.1) is 0 Å². The summed E-state index contributed by atoms with van der Waals surface area (Å²) in [4.78, 5) is 15.5. The molecule has 0 aromatic heterocycles. The highest BCUT2D eigenvalue weighted by Gasteiger charge is 2.46. The zero-order valence-corrected chi connectivity index (χ0v) is 17.7. The molecule has 3 rings (SSSR count). The number of fused-ring (bicyclic) bond motifs is 1. The van der Waals surface area contributed by atoms with Gasteiger partial charge in [0.1, 0.15) is 11.4 Å². The molecule has 28 heavy (non-hydrogen) atoms. The van der Waals surface area contributed by atoms with E-state index < -0.39 is 5.66 Å². The van der Waals surface area contributed by atoms with Crippen molar-refractivity contribution in [3.8, 4) is 5.75 Å². The second kappa shape index (κ2) is 8.26. The maximum atomic E-state index is 13.5. The fraction of sp³-hybridized carbons (Fsp3) is 0.458. The van der Waals surface area contributed by atoms with Gasteiger partial charge in [-0.1, -0.05) is 45.0 Å². The number of nitrogens with one attached hydrogen (secondary N) is 1. The highest BCUT2D eigenvalue weighted by Crippen LogP contribution is 2.42. The third kappa shape index (κ3) is 3.48. The van der Waals surface area contributed by atoms with E-state index >= 15 is 0 Å². The molecule has 3 unspecified atom stereocenters. The van der Waals surface area contributed by atoms with Gasteiger partial charge in [0.25, 0.3) is 5.91 Å². The van der Waals surface area contributed by atoms with E-state index in [1.807, 2.05) is 41.3 Å². The molecule has 0 bridgehead atoms. The maximum absolute atomic E-state index is 13.5. The maximum Gasteiger partial charge on any atom is 0.258 e. The number of benzene rings is 2. The lowest BCUT2D eigenvalue weighted by atomic mass is 9.88. The SMILES string of the molecule is CCC(C)Oc1ccc(C2(CC)Nc3ccccc3C(=O)N2C(C)CC)cc1. The summed E-state index contributed by atoms with van der Waals surface area (Å²) in [5.74, 6) is 0.951. The first-order valence-electron chi connectivity index (χ1n) is 10.4. The predicted octanol–water partition coefficient (Wildman–Crippen LogP) is 5.79. The Kier molecular flexibility index (Phi) is 5.97. The van der Waals surface area contributed by atoms with Gasteiger partial charge in [-0.2, -0.15) is 0 Å². The quantitative estimate of drug-likeness (QED) is 0.661. The van der Waals surface area contributed by atoms with Crippen molar-refractivity contribution in [2.75, 3.05) is 5.32 Å². The van der Waals surface area contributed by atoms with E-state index in [9.17, 15) is 4.79 Å². The minimum atomic E-state index is -0.574. The first-order valence-corrected chi connectivity index (χ1v) is 10.4. The zero-order valence-electron chi connectivity index (χ0n) is 17.7. The molecule has 2 aromatic carbocycles. The zero-order chi connectivity index (χ0) is 20.3. The Morgan fingerprint density at radius 2 is 1.68 bits per heavy atom. The molecule has 3 atom stereocenters. The van der Waals surface area contributed by atoms with Crippen LogP contribution in [-0.4, -0.2) is 23.0 Å². The van der Waals surface area contributed by atoms with E-state index in [-0.39, 0.29) is 18.1 Å². The highest BCUT2D eigenvalue weighted by molar-refractivity contribution is 6.02. The molecule has 2 aromatic rings. The molecule has 4 nitrogen and oxygen atoms in total. The molecule has 0 saturated carbocycles. The van der Waals surface area contributed by atoms with Crippen LogP contribution in [0.3, 0.4) is 0 Å². The van der Waals surface area contributed by atoms with Gasteiger partial charge < -0.3 is 15.0 Å². The minimum absolute atomic E-state index is 0.0884. The number of anilines is 1. The van der Waals surface area contributed by atoms with Crippen molar-refractivity contribution in [2.24, 2.45) is 0 Å². The van der Waals surface area contributed by atoms with Crippen molar-refractivity contribution < 1.29 is 9.53 Å². The Labute approximate surface area is 168 Å². The Balaban J connectivity index is 2.07. The van der Waals surface area contributed by atoms with Gasteiger partial charge in [0.15, 0.2) is 0 Å². The molecular weight excluding hydrogens is 348 g/mol. The fourth-order valence-electron chi connectivity index (χ4n) is 3.92. The van der Waals surface area contributed by atoms with Gasteiger partial charge >= 0.3 is 0 Å². The Morgan fingerprint density at radius 3 is 2.29 bits per heavy atom. The Morgan fingerprint density at radius 1 is 1.00 bits per heavy atom. The lowest BCUT2D eigenvalue weighted by Gasteiger charge is -2.51. The smallest absolute Gasteiger partial charge is 0.258 e. The highest BCUT2D eigenvalue weighted by atomic mass is 16.5. The summed E-state index contributed by atoms with van der Waals surface area (Å²) in [6.07, 6.45) is 2.81. The van der Waals surface area contributed by atoms with Crippen LogP contribution >= 0.6 is 0 Å². The van der Waals surface area contributed by atoms with Crippen LogP contribution < -0.4 is 10.1 Å². The molecule has 1 aliphatic rings. The molecule has 4 heteroatoms. The van der Waals surface area contributed by atoms with Crippen molar-refractivity contribution in [2.45, 2.75) is 71.7 Å². The van der Waals surface area contributed by atoms with Crippen LogP contribution in [0.4, 0.5) is 5.69 Å².